The molecule has 0 aromatic carbocycles. The van der Waals surface area contributed by atoms with Crippen LogP contribution < -0.4 is 0 Å². The van der Waals surface area contributed by atoms with Crippen molar-refractivity contribution < 1.29 is 67.7 Å². The van der Waals surface area contributed by atoms with E-state index in [0.717, 1.165) is 5.57 Å². The molecule has 14 heteroatoms. The number of carbonyl (C=O) groups excluding carboxylic acids is 4. The Morgan fingerprint density at radius 1 is 0.911 bits per heavy atom. The van der Waals surface area contributed by atoms with Crippen molar-refractivity contribution in [2.75, 3.05) is 14.2 Å². The highest BCUT2D eigenvalue weighted by Gasteiger charge is 2.58. The van der Waals surface area contributed by atoms with Crippen molar-refractivity contribution >= 4 is 23.9 Å². The fourth-order valence-corrected chi connectivity index (χ4v) is 7.44. The summed E-state index contributed by atoms with van der Waals surface area (Å²) in [6, 6.07) is 0. The zero-order chi connectivity index (χ0) is 41.8. The lowest BCUT2D eigenvalue weighted by Gasteiger charge is -2.54. The van der Waals surface area contributed by atoms with E-state index in [1.807, 2.05) is 26.0 Å². The summed E-state index contributed by atoms with van der Waals surface area (Å²) in [5.74, 6) is -3.82. The third-order valence-corrected chi connectivity index (χ3v) is 11.1. The first kappa shape index (κ1) is 45.1. The molecule has 2 saturated heterocycles. The molecule has 0 amide bonds. The lowest BCUT2D eigenvalue weighted by atomic mass is 9.70. The molecule has 9 atom stereocenters. The highest BCUT2D eigenvalue weighted by Crippen LogP contribution is 2.49. The molecule has 3 N–H and O–H groups in total. The maximum absolute atomic E-state index is 13.3. The van der Waals surface area contributed by atoms with Crippen molar-refractivity contribution in [2.24, 2.45) is 16.2 Å². The van der Waals surface area contributed by atoms with Crippen LogP contribution in [0.15, 0.2) is 47.3 Å². The van der Waals surface area contributed by atoms with Gasteiger partial charge in [0, 0.05) is 49.7 Å². The van der Waals surface area contributed by atoms with Gasteiger partial charge in [0.1, 0.15) is 24.1 Å². The molecule has 0 radical (unpaired) electrons. The van der Waals surface area contributed by atoms with Crippen molar-refractivity contribution in [3.05, 3.63) is 47.3 Å². The highest BCUT2D eigenvalue weighted by atomic mass is 16.6. The summed E-state index contributed by atoms with van der Waals surface area (Å²) < 4.78 is 41.1. The minimum atomic E-state index is -1.97. The van der Waals surface area contributed by atoms with Gasteiger partial charge in [0.15, 0.2) is 5.79 Å². The Morgan fingerprint density at radius 2 is 1.57 bits per heavy atom. The molecule has 314 valence electrons. The van der Waals surface area contributed by atoms with Gasteiger partial charge in [0.05, 0.1) is 62.0 Å². The van der Waals surface area contributed by atoms with Crippen molar-refractivity contribution in [3.63, 3.8) is 0 Å². The monoisotopic (exact) mass is 790 g/mol. The summed E-state index contributed by atoms with van der Waals surface area (Å²) in [6.45, 7) is 14.0. The van der Waals surface area contributed by atoms with E-state index in [1.54, 1.807) is 40.7 Å². The quantitative estimate of drug-likeness (QED) is 0.154. The van der Waals surface area contributed by atoms with Crippen molar-refractivity contribution in [2.45, 2.75) is 161 Å². The minimum Gasteiger partial charge on any atom is -0.493 e. The highest BCUT2D eigenvalue weighted by molar-refractivity contribution is 5.83. The summed E-state index contributed by atoms with van der Waals surface area (Å²) in [5.41, 5.74) is -1.49. The fourth-order valence-electron chi connectivity index (χ4n) is 7.44. The van der Waals surface area contributed by atoms with Gasteiger partial charge < -0.3 is 48.5 Å². The Balaban J connectivity index is 1.81. The molecule has 0 saturated carbocycles. The van der Waals surface area contributed by atoms with Gasteiger partial charge in [-0.25, -0.2) is 9.59 Å². The van der Waals surface area contributed by atoms with Crippen LogP contribution in [0, 0.1) is 16.2 Å². The molecule has 56 heavy (non-hydrogen) atoms. The predicted molar refractivity (Wildman–Crippen MR) is 202 cm³/mol. The number of allylic oxidation sites excluding steroid dienone is 2. The molecule has 2 fully saturated rings. The van der Waals surface area contributed by atoms with Gasteiger partial charge in [-0.2, -0.15) is 0 Å². The van der Waals surface area contributed by atoms with E-state index in [2.05, 4.69) is 0 Å². The minimum absolute atomic E-state index is 0.0684. The van der Waals surface area contributed by atoms with Crippen molar-refractivity contribution in [3.8, 4) is 0 Å². The van der Waals surface area contributed by atoms with Gasteiger partial charge >= 0.3 is 23.9 Å². The maximum atomic E-state index is 13.3. The molecular weight excluding hydrogens is 728 g/mol. The summed E-state index contributed by atoms with van der Waals surface area (Å²) >= 11 is 0. The number of rotatable bonds is 4. The second kappa shape index (κ2) is 17.9. The lowest BCUT2D eigenvalue weighted by Crippen LogP contribution is -2.62. The van der Waals surface area contributed by atoms with Gasteiger partial charge in [0.2, 0.25) is 0 Å². The third kappa shape index (κ3) is 11.5. The van der Waals surface area contributed by atoms with E-state index in [4.69, 9.17) is 33.2 Å². The zero-order valence-electron chi connectivity index (χ0n) is 34.5. The van der Waals surface area contributed by atoms with Crippen molar-refractivity contribution in [1.29, 1.82) is 0 Å². The first-order chi connectivity index (χ1) is 25.9. The predicted octanol–water partition coefficient (Wildman–Crippen LogP) is 4.68. The van der Waals surface area contributed by atoms with Gasteiger partial charge in [0.25, 0.3) is 0 Å². The molecule has 0 unspecified atom stereocenters. The maximum Gasteiger partial charge on any atom is 0.330 e. The van der Waals surface area contributed by atoms with Gasteiger partial charge in [-0.3, -0.25) is 9.59 Å². The normalized spacial score (nSPS) is 35.1. The molecule has 0 aromatic heterocycles. The topological polar surface area (TPSA) is 194 Å². The zero-order valence-corrected chi connectivity index (χ0v) is 34.5. The molecule has 0 aromatic rings. The summed E-state index contributed by atoms with van der Waals surface area (Å²) in [7, 11) is 2.57. The molecule has 4 aliphatic heterocycles. The summed E-state index contributed by atoms with van der Waals surface area (Å²) in [5, 5.41) is 34.5. The molecule has 4 heterocycles. The Kier molecular flexibility index (Phi) is 14.5. The Labute approximate surface area is 330 Å². The molecule has 6 bridgehead atoms. The fraction of sp³-hybridized carbons (Fsp3) is 0.714. The molecule has 4 rings (SSSR count). The summed E-state index contributed by atoms with van der Waals surface area (Å²) in [4.78, 5) is 51.3. The van der Waals surface area contributed by atoms with Crippen LogP contribution in [-0.2, 0) is 52.3 Å². The van der Waals surface area contributed by atoms with Crippen LogP contribution in [-0.4, -0.2) is 108 Å². The second-order valence-electron chi connectivity index (χ2n) is 17.7. The number of cyclic esters (lactones) is 1. The number of aliphatic hydroxyl groups is 3. The molecule has 0 aliphatic carbocycles. The molecule has 0 spiro atoms. The number of hydrogen-bond acceptors (Lipinski definition) is 14. The van der Waals surface area contributed by atoms with Gasteiger partial charge in [-0.15, -0.1) is 0 Å². The largest absolute Gasteiger partial charge is 0.493 e. The van der Waals surface area contributed by atoms with E-state index in [1.165, 1.54) is 33.3 Å². The number of esters is 4. The SMILES string of the molecule is COC(=O)/C=C1\C=C2O[C@@H](C1)C[C@H]([C@@H](C)O)OC(=O)C[C@H](O)C[C@@H]1C[C@H](OC(=O)C(C)(C)C)C(C)(C)[C@](O)(C[C@@H]3C/C(=C/C(=O)OC)C[C@H](/C=C\C2(C)C)O3)O1. The number of ether oxygens (including phenoxy) is 7. The first-order valence-electron chi connectivity index (χ1n) is 19.4. The Hall–Kier alpha value is -3.56. The van der Waals surface area contributed by atoms with Crippen LogP contribution in [0.5, 0.6) is 0 Å². The van der Waals surface area contributed by atoms with Crippen LogP contribution in [0.4, 0.5) is 0 Å². The molecular formula is C42H62O14. The van der Waals surface area contributed by atoms with Crippen molar-refractivity contribution in [1.82, 2.24) is 0 Å². The average Bonchev–Trinajstić information content (AvgIpc) is 3.08. The van der Waals surface area contributed by atoms with Crippen LogP contribution in [0.25, 0.3) is 0 Å². The lowest BCUT2D eigenvalue weighted by molar-refractivity contribution is -0.349. The number of fused-ring (bicyclic) bond motifs is 6. The van der Waals surface area contributed by atoms with E-state index in [0.29, 0.717) is 17.8 Å². The number of aliphatic hydroxyl groups excluding tert-OH is 2. The number of hydrogen-bond donors (Lipinski definition) is 3. The Bertz CT molecular complexity index is 1580. The van der Waals surface area contributed by atoms with Crippen LogP contribution >= 0.6 is 0 Å². The van der Waals surface area contributed by atoms with E-state index >= 15 is 0 Å². The standard InChI is InChI=1S/C42H62O14/c1-24(43)32-21-29-14-26(18-36(46)51-10)16-33(53-29)40(5,6)12-11-28-13-25(17-35(45)50-9)15-31(52-28)23-42(49)41(7,8)34(55-38(48)39(2,3)4)22-30(56-42)19-27(44)20-37(47)54-32/h11-12,16-18,24,27-32,34,43-44,49H,13-15,19-23H2,1-10H3/b12-11-,25-17+,26-18-/t24-,27-,28+,29+,30-,31+,32-,34+,42+/m1/s1. The molecule has 14 nitrogen and oxygen atoms in total. The number of carbonyl (C=O) groups is 4. The summed E-state index contributed by atoms with van der Waals surface area (Å²) in [6.07, 6.45) is 1.70. The smallest absolute Gasteiger partial charge is 0.330 e. The van der Waals surface area contributed by atoms with Crippen LogP contribution in [0.1, 0.15) is 107 Å². The van der Waals surface area contributed by atoms with Gasteiger partial charge in [-0.05, 0) is 66.0 Å². The van der Waals surface area contributed by atoms with Crippen LogP contribution in [0.2, 0.25) is 0 Å². The molecule has 4 aliphatic rings. The number of methoxy groups -OCH3 is 2. The van der Waals surface area contributed by atoms with E-state index < -0.39 is 101 Å². The van der Waals surface area contributed by atoms with Crippen LogP contribution in [0.3, 0.4) is 0 Å². The van der Waals surface area contributed by atoms with Gasteiger partial charge in [-0.1, -0.05) is 31.6 Å². The Morgan fingerprint density at radius 3 is 2.20 bits per heavy atom. The third-order valence-electron chi connectivity index (χ3n) is 11.1. The average molecular weight is 791 g/mol. The first-order valence-corrected chi connectivity index (χ1v) is 19.4. The van der Waals surface area contributed by atoms with E-state index in [-0.39, 0.29) is 38.5 Å². The second-order valence-corrected chi connectivity index (χ2v) is 17.7. The van der Waals surface area contributed by atoms with E-state index in [9.17, 15) is 34.5 Å².